The molecule has 0 aliphatic heterocycles. The van der Waals surface area contributed by atoms with Crippen LogP contribution in [0.2, 0.25) is 0 Å². The number of carbonyl (C=O) groups excluding carboxylic acids is 1. The number of nitrogens with one attached hydrogen (secondary N) is 1. The first-order valence-corrected chi connectivity index (χ1v) is 7.01. The predicted molar refractivity (Wildman–Crippen MR) is 80.9 cm³/mol. The maximum Gasteiger partial charge on any atom is 0.221 e. The van der Waals surface area contributed by atoms with E-state index in [9.17, 15) is 4.79 Å². The first kappa shape index (κ1) is 16.7. The van der Waals surface area contributed by atoms with E-state index in [1.807, 2.05) is 24.3 Å². The van der Waals surface area contributed by atoms with Gasteiger partial charge in [0.05, 0.1) is 6.61 Å². The highest BCUT2D eigenvalue weighted by Gasteiger charge is 2.17. The summed E-state index contributed by atoms with van der Waals surface area (Å²) >= 11 is 0. The Kier molecular flexibility index (Phi) is 6.17. The third-order valence-electron chi connectivity index (χ3n) is 2.99. The normalized spacial score (nSPS) is 13.1. The van der Waals surface area contributed by atoms with E-state index in [1.54, 1.807) is 0 Å². The van der Waals surface area contributed by atoms with Crippen molar-refractivity contribution in [2.24, 2.45) is 11.1 Å². The Morgan fingerprint density at radius 2 is 2.00 bits per heavy atom. The molecule has 1 atom stereocenters. The van der Waals surface area contributed by atoms with Gasteiger partial charge >= 0.3 is 0 Å². The fourth-order valence-electron chi connectivity index (χ4n) is 2.21. The molecule has 1 unspecified atom stereocenters. The number of aliphatic hydroxyl groups excluding tert-OH is 1. The van der Waals surface area contributed by atoms with Crippen molar-refractivity contribution >= 4 is 5.91 Å². The summed E-state index contributed by atoms with van der Waals surface area (Å²) in [4.78, 5) is 11.8. The lowest BCUT2D eigenvalue weighted by Gasteiger charge is -2.22. The second kappa shape index (κ2) is 7.41. The van der Waals surface area contributed by atoms with Crippen LogP contribution in [0.25, 0.3) is 0 Å². The first-order chi connectivity index (χ1) is 9.30. The number of nitrogens with two attached hydrogens (primary N) is 1. The van der Waals surface area contributed by atoms with Gasteiger partial charge in [-0.05, 0) is 23.0 Å². The van der Waals surface area contributed by atoms with E-state index in [1.165, 1.54) is 0 Å². The predicted octanol–water partition coefficient (Wildman–Crippen LogP) is 1.95. The average molecular weight is 278 g/mol. The Bertz CT molecular complexity index is 438. The van der Waals surface area contributed by atoms with Crippen molar-refractivity contribution in [1.29, 1.82) is 0 Å². The Labute approximate surface area is 121 Å². The molecule has 0 aliphatic carbocycles. The number of rotatable bonds is 6. The highest BCUT2D eigenvalue weighted by molar-refractivity contribution is 5.76. The van der Waals surface area contributed by atoms with Crippen molar-refractivity contribution in [3.05, 3.63) is 35.4 Å². The fraction of sp³-hybridized carbons (Fsp3) is 0.562. The van der Waals surface area contributed by atoms with Crippen LogP contribution in [-0.4, -0.2) is 17.1 Å². The van der Waals surface area contributed by atoms with E-state index in [0.29, 0.717) is 13.0 Å². The minimum absolute atomic E-state index is 0.0121. The summed E-state index contributed by atoms with van der Waals surface area (Å²) in [5, 5.41) is 11.9. The smallest absolute Gasteiger partial charge is 0.221 e. The van der Waals surface area contributed by atoms with Crippen LogP contribution in [0.15, 0.2) is 24.3 Å². The van der Waals surface area contributed by atoms with Crippen molar-refractivity contribution in [1.82, 2.24) is 5.32 Å². The Morgan fingerprint density at radius 1 is 1.35 bits per heavy atom. The molecule has 1 rings (SSSR count). The molecule has 0 fully saturated rings. The van der Waals surface area contributed by atoms with E-state index >= 15 is 0 Å². The van der Waals surface area contributed by atoms with E-state index in [0.717, 1.165) is 17.5 Å². The number of benzene rings is 1. The van der Waals surface area contributed by atoms with Crippen LogP contribution in [0.3, 0.4) is 0 Å². The summed E-state index contributed by atoms with van der Waals surface area (Å²) in [6.45, 7) is 6.83. The van der Waals surface area contributed by atoms with Crippen LogP contribution in [0.4, 0.5) is 0 Å². The van der Waals surface area contributed by atoms with Crippen LogP contribution in [0.1, 0.15) is 44.7 Å². The fourth-order valence-corrected chi connectivity index (χ4v) is 2.21. The minimum Gasteiger partial charge on any atom is -0.392 e. The molecule has 1 amide bonds. The number of hydrogen-bond donors (Lipinski definition) is 3. The van der Waals surface area contributed by atoms with Crippen molar-refractivity contribution < 1.29 is 9.90 Å². The van der Waals surface area contributed by atoms with Crippen LogP contribution >= 0.6 is 0 Å². The monoisotopic (exact) mass is 278 g/mol. The molecule has 4 nitrogen and oxygen atoms in total. The SMILES string of the molecule is CC(C)(C)CC(N)CC(=O)NCc1cccc(CO)c1. The Morgan fingerprint density at radius 3 is 2.60 bits per heavy atom. The van der Waals surface area contributed by atoms with E-state index < -0.39 is 0 Å². The van der Waals surface area contributed by atoms with Gasteiger partial charge in [0.15, 0.2) is 0 Å². The van der Waals surface area contributed by atoms with Crippen molar-refractivity contribution in [2.75, 3.05) is 0 Å². The second-order valence-corrected chi connectivity index (χ2v) is 6.48. The highest BCUT2D eigenvalue weighted by Crippen LogP contribution is 2.20. The second-order valence-electron chi connectivity index (χ2n) is 6.48. The van der Waals surface area contributed by atoms with Gasteiger partial charge in [-0.1, -0.05) is 45.0 Å². The standard InChI is InChI=1S/C16H26N2O2/c1-16(2,3)9-14(17)8-15(20)18-10-12-5-4-6-13(7-12)11-19/h4-7,14,19H,8-11,17H2,1-3H3,(H,18,20). The van der Waals surface area contributed by atoms with Gasteiger partial charge in [-0.3, -0.25) is 4.79 Å². The molecule has 0 spiro atoms. The maximum absolute atomic E-state index is 11.8. The third-order valence-corrected chi connectivity index (χ3v) is 2.99. The van der Waals surface area contributed by atoms with Crippen LogP contribution in [0.5, 0.6) is 0 Å². The maximum atomic E-state index is 11.8. The minimum atomic E-state index is -0.112. The van der Waals surface area contributed by atoms with Crippen molar-refractivity contribution in [3.63, 3.8) is 0 Å². The lowest BCUT2D eigenvalue weighted by Crippen LogP contribution is -2.34. The molecule has 0 heterocycles. The van der Waals surface area contributed by atoms with Gasteiger partial charge in [0.2, 0.25) is 5.91 Å². The van der Waals surface area contributed by atoms with Gasteiger partial charge in [0.25, 0.3) is 0 Å². The van der Waals surface area contributed by atoms with Gasteiger partial charge in [0.1, 0.15) is 0 Å². The topological polar surface area (TPSA) is 75.4 Å². The Balaban J connectivity index is 2.39. The van der Waals surface area contributed by atoms with Crippen molar-refractivity contribution in [2.45, 2.75) is 52.8 Å². The van der Waals surface area contributed by atoms with Crippen LogP contribution in [-0.2, 0) is 17.9 Å². The molecule has 1 aromatic rings. The lowest BCUT2D eigenvalue weighted by molar-refractivity contribution is -0.121. The first-order valence-electron chi connectivity index (χ1n) is 7.01. The van der Waals surface area contributed by atoms with Gasteiger partial charge in [0, 0.05) is 19.0 Å². The summed E-state index contributed by atoms with van der Waals surface area (Å²) in [5.41, 5.74) is 7.94. The Hall–Kier alpha value is -1.39. The molecule has 0 aromatic heterocycles. The summed E-state index contributed by atoms with van der Waals surface area (Å²) in [5.74, 6) is -0.0313. The zero-order chi connectivity index (χ0) is 15.2. The number of carbonyl (C=O) groups is 1. The molecule has 0 aliphatic rings. The van der Waals surface area contributed by atoms with E-state index in [-0.39, 0.29) is 24.0 Å². The summed E-state index contributed by atoms with van der Waals surface area (Å²) in [6.07, 6.45) is 1.16. The number of aliphatic hydroxyl groups is 1. The molecule has 1 aromatic carbocycles. The zero-order valence-electron chi connectivity index (χ0n) is 12.6. The quantitative estimate of drug-likeness (QED) is 0.744. The summed E-state index contributed by atoms with van der Waals surface area (Å²) in [7, 11) is 0. The van der Waals surface area contributed by atoms with E-state index in [2.05, 4.69) is 26.1 Å². The van der Waals surface area contributed by atoms with Crippen LogP contribution in [0, 0.1) is 5.41 Å². The van der Waals surface area contributed by atoms with Crippen LogP contribution < -0.4 is 11.1 Å². The highest BCUT2D eigenvalue weighted by atomic mass is 16.3. The number of amides is 1. The molecular weight excluding hydrogens is 252 g/mol. The van der Waals surface area contributed by atoms with Gasteiger partial charge < -0.3 is 16.2 Å². The summed E-state index contributed by atoms with van der Waals surface area (Å²) < 4.78 is 0. The lowest BCUT2D eigenvalue weighted by atomic mass is 9.87. The molecule has 112 valence electrons. The molecule has 4 N–H and O–H groups in total. The van der Waals surface area contributed by atoms with Gasteiger partial charge in [-0.15, -0.1) is 0 Å². The van der Waals surface area contributed by atoms with Gasteiger partial charge in [-0.25, -0.2) is 0 Å². The average Bonchev–Trinajstić information content (AvgIpc) is 2.34. The molecular formula is C16H26N2O2. The number of hydrogen-bond acceptors (Lipinski definition) is 3. The summed E-state index contributed by atoms with van der Waals surface area (Å²) in [6, 6.07) is 7.42. The third kappa shape index (κ3) is 6.68. The molecule has 0 bridgehead atoms. The molecule has 0 saturated carbocycles. The van der Waals surface area contributed by atoms with Gasteiger partial charge in [-0.2, -0.15) is 0 Å². The van der Waals surface area contributed by atoms with Crippen molar-refractivity contribution in [3.8, 4) is 0 Å². The largest absolute Gasteiger partial charge is 0.392 e. The van der Waals surface area contributed by atoms with E-state index in [4.69, 9.17) is 10.8 Å². The zero-order valence-corrected chi connectivity index (χ0v) is 12.6. The molecule has 0 radical (unpaired) electrons. The molecule has 20 heavy (non-hydrogen) atoms. The molecule has 4 heteroatoms. The molecule has 0 saturated heterocycles.